The predicted molar refractivity (Wildman–Crippen MR) is 71.7 cm³/mol. The van der Waals surface area contributed by atoms with E-state index >= 15 is 0 Å². The van der Waals surface area contributed by atoms with Gasteiger partial charge in [0.15, 0.2) is 0 Å². The van der Waals surface area contributed by atoms with Gasteiger partial charge < -0.3 is 5.32 Å². The van der Waals surface area contributed by atoms with E-state index < -0.39 is 4.92 Å². The Kier molecular flexibility index (Phi) is 5.39. The normalized spacial score (nSPS) is 11.6. The SMILES string of the molecule is CSCCC(C)Nc1ncc([N+](=O)[O-])cc1C#N. The number of nitriles is 1. The Morgan fingerprint density at radius 1 is 1.72 bits per heavy atom. The molecular weight excluding hydrogens is 252 g/mol. The van der Waals surface area contributed by atoms with Gasteiger partial charge >= 0.3 is 0 Å². The van der Waals surface area contributed by atoms with E-state index in [2.05, 4.69) is 10.3 Å². The third-order valence-electron chi connectivity index (χ3n) is 2.34. The Hall–Kier alpha value is -1.81. The fourth-order valence-corrected chi connectivity index (χ4v) is 1.94. The number of rotatable bonds is 6. The van der Waals surface area contributed by atoms with Crippen molar-refractivity contribution in [3.63, 3.8) is 0 Å². The van der Waals surface area contributed by atoms with E-state index in [1.165, 1.54) is 6.07 Å². The summed E-state index contributed by atoms with van der Waals surface area (Å²) in [5.41, 5.74) is 0.0223. The Morgan fingerprint density at radius 3 is 3.00 bits per heavy atom. The molecule has 0 saturated heterocycles. The maximum Gasteiger partial charge on any atom is 0.289 e. The molecule has 96 valence electrons. The van der Waals surface area contributed by atoms with Gasteiger partial charge in [-0.05, 0) is 25.4 Å². The maximum atomic E-state index is 10.6. The number of thioether (sulfide) groups is 1. The zero-order valence-electron chi connectivity index (χ0n) is 10.2. The monoisotopic (exact) mass is 266 g/mol. The highest BCUT2D eigenvalue weighted by atomic mass is 32.2. The number of aromatic nitrogens is 1. The molecule has 0 bridgehead atoms. The molecule has 0 radical (unpaired) electrons. The first-order valence-corrected chi connectivity index (χ1v) is 6.78. The molecule has 0 aromatic carbocycles. The molecule has 1 aromatic rings. The lowest BCUT2D eigenvalue weighted by molar-refractivity contribution is -0.385. The topological polar surface area (TPSA) is 91.8 Å². The number of anilines is 1. The fourth-order valence-electron chi connectivity index (χ4n) is 1.35. The molecule has 0 spiro atoms. The molecule has 1 unspecified atom stereocenters. The predicted octanol–water partition coefficient (Wildman–Crippen LogP) is 2.41. The summed E-state index contributed by atoms with van der Waals surface area (Å²) in [5, 5.41) is 22.6. The lowest BCUT2D eigenvalue weighted by Crippen LogP contribution is -2.17. The van der Waals surface area contributed by atoms with Crippen LogP contribution in [-0.2, 0) is 0 Å². The van der Waals surface area contributed by atoms with Gasteiger partial charge in [0.2, 0.25) is 0 Å². The molecule has 0 fully saturated rings. The van der Waals surface area contributed by atoms with Crippen LogP contribution in [0.2, 0.25) is 0 Å². The van der Waals surface area contributed by atoms with Crippen LogP contribution in [0.25, 0.3) is 0 Å². The zero-order chi connectivity index (χ0) is 13.5. The molecule has 1 N–H and O–H groups in total. The minimum atomic E-state index is -0.561. The van der Waals surface area contributed by atoms with Crippen molar-refractivity contribution in [1.29, 1.82) is 5.26 Å². The second-order valence-electron chi connectivity index (χ2n) is 3.79. The summed E-state index contributed by atoms with van der Waals surface area (Å²) in [7, 11) is 0. The fraction of sp³-hybridized carbons (Fsp3) is 0.455. The van der Waals surface area contributed by atoms with E-state index in [0.29, 0.717) is 5.82 Å². The van der Waals surface area contributed by atoms with Gasteiger partial charge in [-0.2, -0.15) is 17.0 Å². The summed E-state index contributed by atoms with van der Waals surface area (Å²) in [6, 6.07) is 3.32. The van der Waals surface area contributed by atoms with Gasteiger partial charge in [0.1, 0.15) is 23.6 Å². The lowest BCUT2D eigenvalue weighted by atomic mass is 10.2. The molecule has 7 heteroatoms. The third kappa shape index (κ3) is 3.89. The minimum Gasteiger partial charge on any atom is -0.366 e. The molecule has 0 saturated carbocycles. The smallest absolute Gasteiger partial charge is 0.289 e. The van der Waals surface area contributed by atoms with Crippen LogP contribution in [0.5, 0.6) is 0 Å². The van der Waals surface area contributed by atoms with Gasteiger partial charge in [-0.1, -0.05) is 0 Å². The lowest BCUT2D eigenvalue weighted by Gasteiger charge is -2.14. The van der Waals surface area contributed by atoms with Crippen molar-refractivity contribution in [1.82, 2.24) is 4.98 Å². The van der Waals surface area contributed by atoms with Crippen LogP contribution in [0.4, 0.5) is 11.5 Å². The number of nitrogens with one attached hydrogen (secondary N) is 1. The first-order valence-electron chi connectivity index (χ1n) is 5.38. The van der Waals surface area contributed by atoms with Gasteiger partial charge in [-0.15, -0.1) is 0 Å². The van der Waals surface area contributed by atoms with Gasteiger partial charge in [-0.25, -0.2) is 4.98 Å². The van der Waals surface area contributed by atoms with E-state index in [9.17, 15) is 10.1 Å². The standard InChI is InChI=1S/C11H14N4O2S/c1-8(3-4-18-2)14-11-9(6-12)5-10(7-13-11)15(16)17/h5,7-8H,3-4H2,1-2H3,(H,13,14). The van der Waals surface area contributed by atoms with E-state index in [1.54, 1.807) is 11.8 Å². The number of hydrogen-bond acceptors (Lipinski definition) is 6. The Morgan fingerprint density at radius 2 is 2.44 bits per heavy atom. The second-order valence-corrected chi connectivity index (χ2v) is 4.77. The van der Waals surface area contributed by atoms with E-state index in [1.807, 2.05) is 19.2 Å². The van der Waals surface area contributed by atoms with E-state index in [-0.39, 0.29) is 17.3 Å². The van der Waals surface area contributed by atoms with Crippen molar-refractivity contribution >= 4 is 23.3 Å². The van der Waals surface area contributed by atoms with Crippen LogP contribution < -0.4 is 5.32 Å². The number of nitro groups is 1. The summed E-state index contributed by atoms with van der Waals surface area (Å²) >= 11 is 1.74. The largest absolute Gasteiger partial charge is 0.366 e. The summed E-state index contributed by atoms with van der Waals surface area (Å²) in [5.74, 6) is 1.40. The van der Waals surface area contributed by atoms with Crippen LogP contribution >= 0.6 is 11.8 Å². The molecule has 1 atom stereocenters. The molecule has 0 aliphatic rings. The van der Waals surface area contributed by atoms with Crippen LogP contribution in [-0.4, -0.2) is 28.0 Å². The zero-order valence-corrected chi connectivity index (χ0v) is 11.0. The van der Waals surface area contributed by atoms with Gasteiger partial charge in [0, 0.05) is 12.1 Å². The summed E-state index contributed by atoms with van der Waals surface area (Å²) in [4.78, 5) is 14.0. The maximum absolute atomic E-state index is 10.6. The highest BCUT2D eigenvalue weighted by Gasteiger charge is 2.13. The molecule has 0 amide bonds. The Bertz CT molecular complexity index is 473. The molecule has 1 heterocycles. The van der Waals surface area contributed by atoms with E-state index in [0.717, 1.165) is 18.4 Å². The minimum absolute atomic E-state index is 0.165. The summed E-state index contributed by atoms with van der Waals surface area (Å²) < 4.78 is 0. The van der Waals surface area contributed by atoms with Crippen LogP contribution in [0, 0.1) is 21.4 Å². The molecule has 18 heavy (non-hydrogen) atoms. The van der Waals surface area contributed by atoms with Crippen molar-refractivity contribution in [2.75, 3.05) is 17.3 Å². The Labute approximate surface area is 110 Å². The first-order chi connectivity index (χ1) is 8.58. The van der Waals surface area contributed by atoms with Crippen LogP contribution in [0.3, 0.4) is 0 Å². The summed E-state index contributed by atoms with van der Waals surface area (Å²) in [6.07, 6.45) is 4.12. The van der Waals surface area contributed by atoms with Crippen molar-refractivity contribution in [2.24, 2.45) is 0 Å². The second kappa shape index (κ2) is 6.81. The molecular formula is C11H14N4O2S. The molecule has 1 aromatic heterocycles. The quantitative estimate of drug-likeness (QED) is 0.628. The van der Waals surface area contributed by atoms with Crippen molar-refractivity contribution in [2.45, 2.75) is 19.4 Å². The van der Waals surface area contributed by atoms with Gasteiger partial charge in [0.05, 0.1) is 4.92 Å². The highest BCUT2D eigenvalue weighted by molar-refractivity contribution is 7.98. The van der Waals surface area contributed by atoms with Crippen LogP contribution in [0.15, 0.2) is 12.3 Å². The highest BCUT2D eigenvalue weighted by Crippen LogP contribution is 2.19. The molecule has 0 aliphatic heterocycles. The number of pyridine rings is 1. The third-order valence-corrected chi connectivity index (χ3v) is 2.99. The molecule has 1 rings (SSSR count). The van der Waals surface area contributed by atoms with Crippen molar-refractivity contribution < 1.29 is 4.92 Å². The van der Waals surface area contributed by atoms with Gasteiger partial charge in [0.25, 0.3) is 5.69 Å². The van der Waals surface area contributed by atoms with Crippen molar-refractivity contribution in [3.05, 3.63) is 27.9 Å². The average molecular weight is 266 g/mol. The average Bonchev–Trinajstić information content (AvgIpc) is 2.36. The summed E-state index contributed by atoms with van der Waals surface area (Å²) in [6.45, 7) is 1.99. The number of hydrogen-bond donors (Lipinski definition) is 1. The molecule has 6 nitrogen and oxygen atoms in total. The van der Waals surface area contributed by atoms with E-state index in [4.69, 9.17) is 5.26 Å². The first kappa shape index (κ1) is 14.3. The van der Waals surface area contributed by atoms with Crippen molar-refractivity contribution in [3.8, 4) is 6.07 Å². The number of nitrogens with zero attached hydrogens (tertiary/aromatic N) is 3. The molecule has 0 aliphatic carbocycles. The van der Waals surface area contributed by atoms with Gasteiger partial charge in [-0.3, -0.25) is 10.1 Å². The van der Waals surface area contributed by atoms with Crippen LogP contribution in [0.1, 0.15) is 18.9 Å². The Balaban J connectivity index is 2.83.